The van der Waals surface area contributed by atoms with E-state index in [0.717, 1.165) is 18.0 Å². The molecule has 0 aliphatic heterocycles. The molecule has 0 spiro atoms. The van der Waals surface area contributed by atoms with Crippen molar-refractivity contribution in [3.8, 4) is 11.5 Å². The van der Waals surface area contributed by atoms with Gasteiger partial charge in [0.1, 0.15) is 18.1 Å². The number of ether oxygens (including phenoxy) is 2. The maximum atomic E-state index is 5.74. The van der Waals surface area contributed by atoms with Gasteiger partial charge < -0.3 is 14.8 Å². The second-order valence-corrected chi connectivity index (χ2v) is 5.12. The Hall–Kier alpha value is -1.52. The van der Waals surface area contributed by atoms with Crippen molar-refractivity contribution in [2.45, 2.75) is 13.2 Å². The molecule has 1 N–H and O–H groups in total. The van der Waals surface area contributed by atoms with E-state index in [0.29, 0.717) is 6.61 Å². The molecule has 0 amide bonds. The molecule has 3 nitrogen and oxygen atoms in total. The Bertz CT molecular complexity index is 496. The van der Waals surface area contributed by atoms with Crippen LogP contribution in [0.5, 0.6) is 11.5 Å². The lowest BCUT2D eigenvalue weighted by molar-refractivity contribution is 0.307. The molecule has 1 heterocycles. The summed E-state index contributed by atoms with van der Waals surface area (Å²) in [5.74, 6) is 1.65. The van der Waals surface area contributed by atoms with Crippen molar-refractivity contribution in [3.63, 3.8) is 0 Å². The molecule has 0 unspecified atom stereocenters. The Balaban J connectivity index is 1.93. The Morgan fingerprint density at radius 3 is 2.67 bits per heavy atom. The van der Waals surface area contributed by atoms with Crippen molar-refractivity contribution >= 4 is 11.3 Å². The molecule has 2 aromatic rings. The van der Waals surface area contributed by atoms with Gasteiger partial charge in [0.25, 0.3) is 0 Å². The van der Waals surface area contributed by atoms with Gasteiger partial charge in [-0.3, -0.25) is 0 Å². The van der Waals surface area contributed by atoms with E-state index in [1.54, 1.807) is 18.4 Å². The molecule has 0 bridgehead atoms. The lowest BCUT2D eigenvalue weighted by atomic mass is 10.3. The van der Waals surface area contributed by atoms with Gasteiger partial charge in [0.2, 0.25) is 0 Å². The molecule has 18 heavy (non-hydrogen) atoms. The van der Waals surface area contributed by atoms with Gasteiger partial charge >= 0.3 is 0 Å². The minimum absolute atomic E-state index is 0.599. The number of hydrogen-bond donors (Lipinski definition) is 1. The maximum absolute atomic E-state index is 5.74. The van der Waals surface area contributed by atoms with Crippen molar-refractivity contribution in [2.75, 3.05) is 14.2 Å². The highest BCUT2D eigenvalue weighted by Gasteiger charge is 2.01. The SMILES string of the molecule is CNCc1ccc(COc2cccc(OC)c2)s1. The monoisotopic (exact) mass is 263 g/mol. The molecule has 0 aliphatic rings. The molecule has 2 rings (SSSR count). The zero-order chi connectivity index (χ0) is 12.8. The van der Waals surface area contributed by atoms with E-state index in [4.69, 9.17) is 9.47 Å². The average molecular weight is 263 g/mol. The van der Waals surface area contributed by atoms with Gasteiger partial charge in [-0.2, -0.15) is 0 Å². The summed E-state index contributed by atoms with van der Waals surface area (Å²) in [5.41, 5.74) is 0. The summed E-state index contributed by atoms with van der Waals surface area (Å²) >= 11 is 1.77. The summed E-state index contributed by atoms with van der Waals surface area (Å²) in [6, 6.07) is 11.9. The fraction of sp³-hybridized carbons (Fsp3) is 0.286. The summed E-state index contributed by atoms with van der Waals surface area (Å²) in [6.45, 7) is 1.51. The van der Waals surface area contributed by atoms with Gasteiger partial charge in [0, 0.05) is 22.4 Å². The normalized spacial score (nSPS) is 10.3. The van der Waals surface area contributed by atoms with Gasteiger partial charge in [-0.1, -0.05) is 6.07 Å². The van der Waals surface area contributed by atoms with Gasteiger partial charge in [0.15, 0.2) is 0 Å². The van der Waals surface area contributed by atoms with E-state index in [1.165, 1.54) is 9.75 Å². The predicted octanol–water partition coefficient (Wildman–Crippen LogP) is 3.06. The van der Waals surface area contributed by atoms with Crippen LogP contribution in [0.1, 0.15) is 9.75 Å². The van der Waals surface area contributed by atoms with Crippen molar-refractivity contribution in [2.24, 2.45) is 0 Å². The fourth-order valence-corrected chi connectivity index (χ4v) is 2.56. The first-order chi connectivity index (χ1) is 8.81. The van der Waals surface area contributed by atoms with Crippen LogP contribution in [0, 0.1) is 0 Å². The van der Waals surface area contributed by atoms with Gasteiger partial charge in [-0.25, -0.2) is 0 Å². The first-order valence-electron chi connectivity index (χ1n) is 5.81. The van der Waals surface area contributed by atoms with Crippen LogP contribution in [-0.4, -0.2) is 14.2 Å². The third-order valence-electron chi connectivity index (χ3n) is 2.49. The molecule has 1 aromatic heterocycles. The fourth-order valence-electron chi connectivity index (χ4n) is 1.61. The second kappa shape index (κ2) is 6.42. The highest BCUT2D eigenvalue weighted by molar-refractivity contribution is 7.11. The quantitative estimate of drug-likeness (QED) is 0.869. The summed E-state index contributed by atoms with van der Waals surface area (Å²) in [6.07, 6.45) is 0. The van der Waals surface area contributed by atoms with Crippen molar-refractivity contribution < 1.29 is 9.47 Å². The first kappa shape index (κ1) is 12.9. The molecule has 0 saturated carbocycles. The smallest absolute Gasteiger partial charge is 0.123 e. The number of benzene rings is 1. The van der Waals surface area contributed by atoms with E-state index in [-0.39, 0.29) is 0 Å². The topological polar surface area (TPSA) is 30.5 Å². The van der Waals surface area contributed by atoms with E-state index in [1.807, 2.05) is 31.3 Å². The molecular formula is C14H17NO2S. The summed E-state index contributed by atoms with van der Waals surface area (Å²) in [7, 11) is 3.61. The van der Waals surface area contributed by atoms with Crippen LogP contribution in [-0.2, 0) is 13.2 Å². The Labute approximate surface area is 111 Å². The summed E-state index contributed by atoms with van der Waals surface area (Å²) in [5, 5.41) is 3.14. The number of methoxy groups -OCH3 is 1. The van der Waals surface area contributed by atoms with Crippen molar-refractivity contribution in [3.05, 3.63) is 46.2 Å². The van der Waals surface area contributed by atoms with Gasteiger partial charge in [-0.05, 0) is 31.3 Å². The molecule has 0 radical (unpaired) electrons. The van der Waals surface area contributed by atoms with E-state index in [9.17, 15) is 0 Å². The second-order valence-electron chi connectivity index (χ2n) is 3.87. The van der Waals surface area contributed by atoms with Crippen molar-refractivity contribution in [1.82, 2.24) is 5.32 Å². The molecule has 96 valence electrons. The Morgan fingerprint density at radius 2 is 1.89 bits per heavy atom. The van der Waals surface area contributed by atoms with E-state index in [2.05, 4.69) is 17.4 Å². The Kier molecular flexibility index (Phi) is 4.61. The third-order valence-corrected chi connectivity index (χ3v) is 3.55. The molecule has 0 saturated heterocycles. The molecule has 0 atom stereocenters. The molecular weight excluding hydrogens is 246 g/mol. The van der Waals surface area contributed by atoms with Crippen molar-refractivity contribution in [1.29, 1.82) is 0 Å². The highest BCUT2D eigenvalue weighted by Crippen LogP contribution is 2.22. The number of thiophene rings is 1. The standard InChI is InChI=1S/C14H17NO2S/c1-15-9-13-6-7-14(18-13)10-17-12-5-3-4-11(8-12)16-2/h3-8,15H,9-10H2,1-2H3. The van der Waals surface area contributed by atoms with Crippen LogP contribution in [0.4, 0.5) is 0 Å². The zero-order valence-electron chi connectivity index (χ0n) is 10.6. The molecule has 0 fully saturated rings. The minimum Gasteiger partial charge on any atom is -0.497 e. The van der Waals surface area contributed by atoms with Crippen LogP contribution < -0.4 is 14.8 Å². The first-order valence-corrected chi connectivity index (χ1v) is 6.62. The third kappa shape index (κ3) is 3.48. The predicted molar refractivity (Wildman–Crippen MR) is 74.4 cm³/mol. The zero-order valence-corrected chi connectivity index (χ0v) is 11.4. The van der Waals surface area contributed by atoms with Crippen LogP contribution in [0.3, 0.4) is 0 Å². The summed E-state index contributed by atoms with van der Waals surface area (Å²) < 4.78 is 10.9. The number of hydrogen-bond acceptors (Lipinski definition) is 4. The lowest BCUT2D eigenvalue weighted by Gasteiger charge is -2.06. The minimum atomic E-state index is 0.599. The van der Waals surface area contributed by atoms with E-state index < -0.39 is 0 Å². The molecule has 0 aliphatic carbocycles. The van der Waals surface area contributed by atoms with Gasteiger partial charge in [-0.15, -0.1) is 11.3 Å². The van der Waals surface area contributed by atoms with Crippen LogP contribution in [0.25, 0.3) is 0 Å². The summed E-state index contributed by atoms with van der Waals surface area (Å²) in [4.78, 5) is 2.55. The molecule has 4 heteroatoms. The number of nitrogens with one attached hydrogen (secondary N) is 1. The van der Waals surface area contributed by atoms with E-state index >= 15 is 0 Å². The van der Waals surface area contributed by atoms with Crippen LogP contribution in [0.2, 0.25) is 0 Å². The number of rotatable bonds is 6. The maximum Gasteiger partial charge on any atom is 0.123 e. The lowest BCUT2D eigenvalue weighted by Crippen LogP contribution is -2.02. The van der Waals surface area contributed by atoms with Crippen LogP contribution in [0.15, 0.2) is 36.4 Å². The van der Waals surface area contributed by atoms with Gasteiger partial charge in [0.05, 0.1) is 7.11 Å². The molecule has 1 aromatic carbocycles. The van der Waals surface area contributed by atoms with Crippen LogP contribution >= 0.6 is 11.3 Å². The highest BCUT2D eigenvalue weighted by atomic mass is 32.1. The Morgan fingerprint density at radius 1 is 1.11 bits per heavy atom. The largest absolute Gasteiger partial charge is 0.497 e. The average Bonchev–Trinajstić information content (AvgIpc) is 2.85.